The molecular formula is C21H32N2O2. The van der Waals surface area contributed by atoms with Crippen LogP contribution in [0.15, 0.2) is 18.2 Å². The zero-order valence-corrected chi connectivity index (χ0v) is 15.7. The molecule has 0 spiro atoms. The molecule has 2 fully saturated rings. The van der Waals surface area contributed by atoms with Crippen LogP contribution in [0.1, 0.15) is 60.9 Å². The number of carbonyl (C=O) groups is 1. The van der Waals surface area contributed by atoms with E-state index in [2.05, 4.69) is 10.2 Å². The van der Waals surface area contributed by atoms with Crippen molar-refractivity contribution < 1.29 is 9.53 Å². The van der Waals surface area contributed by atoms with Gasteiger partial charge in [-0.1, -0.05) is 30.9 Å². The summed E-state index contributed by atoms with van der Waals surface area (Å²) in [7, 11) is 1.63. The molecule has 0 unspecified atom stereocenters. The Hall–Kier alpha value is -1.55. The monoisotopic (exact) mass is 344 g/mol. The van der Waals surface area contributed by atoms with Gasteiger partial charge in [-0.25, -0.2) is 0 Å². The number of benzene rings is 1. The summed E-state index contributed by atoms with van der Waals surface area (Å²) < 4.78 is 5.39. The highest BCUT2D eigenvalue weighted by Crippen LogP contribution is 2.27. The molecule has 0 bridgehead atoms. The Morgan fingerprint density at radius 2 is 1.92 bits per heavy atom. The minimum Gasteiger partial charge on any atom is -0.496 e. The van der Waals surface area contributed by atoms with Gasteiger partial charge in [-0.15, -0.1) is 0 Å². The van der Waals surface area contributed by atoms with Crippen molar-refractivity contribution in [3.63, 3.8) is 0 Å². The van der Waals surface area contributed by atoms with Gasteiger partial charge in [0.1, 0.15) is 5.75 Å². The average molecular weight is 344 g/mol. The SMILES string of the molecule is COc1ccc(C)cc1C(=O)N[C@@H]1CCCC[C@H]1CN1CCCCC1. The molecule has 3 rings (SSSR count). The maximum atomic E-state index is 12.9. The van der Waals surface area contributed by atoms with Gasteiger partial charge in [-0.2, -0.15) is 0 Å². The fourth-order valence-corrected chi connectivity index (χ4v) is 4.34. The highest BCUT2D eigenvalue weighted by atomic mass is 16.5. The molecule has 1 aliphatic carbocycles. The van der Waals surface area contributed by atoms with Gasteiger partial charge in [-0.3, -0.25) is 4.79 Å². The third kappa shape index (κ3) is 4.75. The fraction of sp³-hybridized carbons (Fsp3) is 0.667. The van der Waals surface area contributed by atoms with Gasteiger partial charge in [-0.05, 0) is 63.7 Å². The summed E-state index contributed by atoms with van der Waals surface area (Å²) in [6, 6.07) is 6.08. The zero-order chi connectivity index (χ0) is 17.6. The van der Waals surface area contributed by atoms with Crippen molar-refractivity contribution in [3.05, 3.63) is 29.3 Å². The third-order valence-electron chi connectivity index (χ3n) is 5.77. The van der Waals surface area contributed by atoms with E-state index in [4.69, 9.17) is 4.74 Å². The van der Waals surface area contributed by atoms with Crippen LogP contribution in [-0.4, -0.2) is 43.6 Å². The lowest BCUT2D eigenvalue weighted by Crippen LogP contribution is -2.47. The van der Waals surface area contributed by atoms with Crippen LogP contribution < -0.4 is 10.1 Å². The van der Waals surface area contributed by atoms with Crippen molar-refractivity contribution >= 4 is 5.91 Å². The second-order valence-corrected chi connectivity index (χ2v) is 7.69. The molecule has 1 amide bonds. The highest BCUT2D eigenvalue weighted by molar-refractivity contribution is 5.97. The molecule has 1 aliphatic heterocycles. The van der Waals surface area contributed by atoms with E-state index < -0.39 is 0 Å². The van der Waals surface area contributed by atoms with Crippen LogP contribution in [0.4, 0.5) is 0 Å². The number of aryl methyl sites for hydroxylation is 1. The van der Waals surface area contributed by atoms with Gasteiger partial charge in [0.05, 0.1) is 12.7 Å². The number of piperidine rings is 1. The van der Waals surface area contributed by atoms with E-state index >= 15 is 0 Å². The number of nitrogens with zero attached hydrogens (tertiary/aromatic N) is 1. The van der Waals surface area contributed by atoms with Crippen molar-refractivity contribution in [2.45, 2.75) is 57.9 Å². The summed E-state index contributed by atoms with van der Waals surface area (Å²) in [5, 5.41) is 3.33. The first kappa shape index (κ1) is 18.2. The quantitative estimate of drug-likeness (QED) is 0.884. The van der Waals surface area contributed by atoms with E-state index in [9.17, 15) is 4.79 Å². The molecule has 0 aromatic heterocycles. The average Bonchev–Trinajstić information content (AvgIpc) is 2.64. The van der Waals surface area contributed by atoms with Crippen LogP contribution in [-0.2, 0) is 0 Å². The number of hydrogen-bond acceptors (Lipinski definition) is 3. The largest absolute Gasteiger partial charge is 0.496 e. The minimum atomic E-state index is 0.0103. The molecule has 138 valence electrons. The van der Waals surface area contributed by atoms with E-state index in [1.54, 1.807) is 7.11 Å². The van der Waals surface area contributed by atoms with E-state index in [-0.39, 0.29) is 11.9 Å². The molecule has 1 aromatic carbocycles. The first-order valence-corrected chi connectivity index (χ1v) is 9.85. The van der Waals surface area contributed by atoms with Gasteiger partial charge in [0.15, 0.2) is 0 Å². The number of carbonyl (C=O) groups excluding carboxylic acids is 1. The fourth-order valence-electron chi connectivity index (χ4n) is 4.34. The molecule has 25 heavy (non-hydrogen) atoms. The molecule has 1 N–H and O–H groups in total. The van der Waals surface area contributed by atoms with Crippen LogP contribution in [0.25, 0.3) is 0 Å². The zero-order valence-electron chi connectivity index (χ0n) is 15.7. The van der Waals surface area contributed by atoms with Crippen LogP contribution >= 0.6 is 0 Å². The van der Waals surface area contributed by atoms with E-state index in [0.717, 1.165) is 18.5 Å². The lowest BCUT2D eigenvalue weighted by Gasteiger charge is -2.37. The maximum Gasteiger partial charge on any atom is 0.255 e. The molecule has 1 heterocycles. The van der Waals surface area contributed by atoms with Crippen molar-refractivity contribution in [1.29, 1.82) is 0 Å². The summed E-state index contributed by atoms with van der Waals surface area (Å²) in [6.07, 6.45) is 8.85. The molecule has 0 radical (unpaired) electrons. The predicted octanol–water partition coefficient (Wildman–Crippen LogP) is 3.78. The van der Waals surface area contributed by atoms with Gasteiger partial charge in [0, 0.05) is 12.6 Å². The second kappa shape index (κ2) is 8.70. The van der Waals surface area contributed by atoms with Crippen LogP contribution in [0.5, 0.6) is 5.75 Å². The number of likely N-dealkylation sites (tertiary alicyclic amines) is 1. The van der Waals surface area contributed by atoms with E-state index in [1.807, 2.05) is 25.1 Å². The van der Waals surface area contributed by atoms with Gasteiger partial charge < -0.3 is 15.0 Å². The molecular weight excluding hydrogens is 312 g/mol. The number of ether oxygens (including phenoxy) is 1. The normalized spacial score (nSPS) is 24.7. The maximum absolute atomic E-state index is 12.9. The minimum absolute atomic E-state index is 0.0103. The topological polar surface area (TPSA) is 41.6 Å². The summed E-state index contributed by atoms with van der Waals surface area (Å²) in [5.41, 5.74) is 1.74. The first-order valence-electron chi connectivity index (χ1n) is 9.85. The molecule has 4 nitrogen and oxygen atoms in total. The number of methoxy groups -OCH3 is 1. The van der Waals surface area contributed by atoms with Crippen LogP contribution in [0.2, 0.25) is 0 Å². The predicted molar refractivity (Wildman–Crippen MR) is 101 cm³/mol. The number of hydrogen-bond donors (Lipinski definition) is 1. The van der Waals surface area contributed by atoms with Crippen molar-refractivity contribution in [3.8, 4) is 5.75 Å². The number of amides is 1. The summed E-state index contributed by atoms with van der Waals surface area (Å²) in [5.74, 6) is 1.24. The van der Waals surface area contributed by atoms with E-state index in [0.29, 0.717) is 17.2 Å². The van der Waals surface area contributed by atoms with Crippen molar-refractivity contribution in [2.75, 3.05) is 26.7 Å². The van der Waals surface area contributed by atoms with Gasteiger partial charge in [0.2, 0.25) is 0 Å². The molecule has 4 heteroatoms. The number of rotatable bonds is 5. The Labute approximate surface area is 151 Å². The first-order chi connectivity index (χ1) is 12.2. The lowest BCUT2D eigenvalue weighted by molar-refractivity contribution is 0.0874. The third-order valence-corrected chi connectivity index (χ3v) is 5.77. The van der Waals surface area contributed by atoms with Crippen molar-refractivity contribution in [2.24, 2.45) is 5.92 Å². The van der Waals surface area contributed by atoms with Crippen LogP contribution in [0.3, 0.4) is 0 Å². The van der Waals surface area contributed by atoms with E-state index in [1.165, 1.54) is 51.6 Å². The standard InChI is InChI=1S/C21H32N2O2/c1-16-10-11-20(25-2)18(14-16)21(24)22-19-9-5-4-8-17(19)15-23-12-6-3-7-13-23/h10-11,14,17,19H,3-9,12-13,15H2,1-2H3,(H,22,24)/t17-,19+/m0/s1. The van der Waals surface area contributed by atoms with Crippen molar-refractivity contribution in [1.82, 2.24) is 10.2 Å². The molecule has 1 saturated heterocycles. The molecule has 2 aliphatic rings. The van der Waals surface area contributed by atoms with Gasteiger partial charge in [0.25, 0.3) is 5.91 Å². The van der Waals surface area contributed by atoms with Gasteiger partial charge >= 0.3 is 0 Å². The molecule has 2 atom stereocenters. The Balaban J connectivity index is 1.66. The van der Waals surface area contributed by atoms with Crippen LogP contribution in [0, 0.1) is 12.8 Å². The highest BCUT2D eigenvalue weighted by Gasteiger charge is 2.29. The summed E-state index contributed by atoms with van der Waals surface area (Å²) in [4.78, 5) is 15.5. The Kier molecular flexibility index (Phi) is 6.35. The molecule has 1 saturated carbocycles. The Morgan fingerprint density at radius 1 is 1.16 bits per heavy atom. The second-order valence-electron chi connectivity index (χ2n) is 7.69. The number of nitrogens with one attached hydrogen (secondary N) is 1. The lowest BCUT2D eigenvalue weighted by atomic mass is 9.83. The smallest absolute Gasteiger partial charge is 0.255 e. The Bertz CT molecular complexity index is 581. The summed E-state index contributed by atoms with van der Waals surface area (Å²) in [6.45, 7) is 5.59. The Morgan fingerprint density at radius 3 is 2.68 bits per heavy atom. The summed E-state index contributed by atoms with van der Waals surface area (Å²) >= 11 is 0. The molecule has 1 aromatic rings.